The Morgan fingerprint density at radius 1 is 1.28 bits per heavy atom. The van der Waals surface area contributed by atoms with Gasteiger partial charge in [0.25, 0.3) is 5.91 Å². The number of amides is 1. The fraction of sp³-hybridized carbons (Fsp3) is 0.444. The van der Waals surface area contributed by atoms with E-state index in [9.17, 15) is 9.18 Å². The Bertz CT molecular complexity index is 815. The predicted molar refractivity (Wildman–Crippen MR) is 88.9 cm³/mol. The molecule has 3 N–H and O–H groups in total. The first-order chi connectivity index (χ1) is 12.2. The van der Waals surface area contributed by atoms with Gasteiger partial charge >= 0.3 is 0 Å². The highest BCUT2D eigenvalue weighted by Crippen LogP contribution is 2.40. The van der Waals surface area contributed by atoms with Crippen LogP contribution in [0.5, 0.6) is 0 Å². The second kappa shape index (κ2) is 5.64. The van der Waals surface area contributed by atoms with Crippen LogP contribution in [0.1, 0.15) is 53.0 Å². The van der Waals surface area contributed by atoms with E-state index >= 15 is 0 Å². The van der Waals surface area contributed by atoms with Crippen LogP contribution in [-0.4, -0.2) is 34.8 Å². The van der Waals surface area contributed by atoms with Gasteiger partial charge in [-0.1, -0.05) is 12.1 Å². The third-order valence-electron chi connectivity index (χ3n) is 5.26. The minimum absolute atomic E-state index is 0.0633. The highest BCUT2D eigenvalue weighted by atomic mass is 19.1. The molecule has 1 aromatic heterocycles. The summed E-state index contributed by atoms with van der Waals surface area (Å²) in [4.78, 5) is 12.3. The molecule has 130 valence electrons. The summed E-state index contributed by atoms with van der Waals surface area (Å²) in [6.45, 7) is 0.924. The Kier molecular flexibility index (Phi) is 3.39. The third kappa shape index (κ3) is 2.63. The molecule has 3 aliphatic rings. The molecular formula is C18H19FN4O2. The number of hydrogen-bond acceptors (Lipinski definition) is 4. The fourth-order valence-corrected chi connectivity index (χ4v) is 3.76. The lowest BCUT2D eigenvalue weighted by Gasteiger charge is -2.23. The van der Waals surface area contributed by atoms with Crippen molar-refractivity contribution in [2.45, 2.75) is 43.4 Å². The molecule has 3 heterocycles. The third-order valence-corrected chi connectivity index (χ3v) is 5.26. The summed E-state index contributed by atoms with van der Waals surface area (Å²) in [6.07, 6.45) is 3.31. The largest absolute Gasteiger partial charge is 0.367 e. The van der Waals surface area contributed by atoms with Gasteiger partial charge < -0.3 is 15.4 Å². The van der Waals surface area contributed by atoms with Crippen LogP contribution in [0.3, 0.4) is 0 Å². The fourth-order valence-electron chi connectivity index (χ4n) is 3.76. The SMILES string of the molecule is O=C(Nc1ccc([C@@H]2O[C@H]3CN[C@@H]2C3)cc1)c1n[nH]c(C2CC2)c1F. The van der Waals surface area contributed by atoms with Crippen LogP contribution >= 0.6 is 0 Å². The number of hydrogen-bond donors (Lipinski definition) is 3. The molecule has 5 rings (SSSR count). The summed E-state index contributed by atoms with van der Waals surface area (Å²) in [5, 5.41) is 12.6. The first kappa shape index (κ1) is 15.0. The van der Waals surface area contributed by atoms with Crippen molar-refractivity contribution in [1.82, 2.24) is 15.5 Å². The summed E-state index contributed by atoms with van der Waals surface area (Å²) in [7, 11) is 0. The number of aromatic amines is 1. The van der Waals surface area contributed by atoms with Crippen LogP contribution < -0.4 is 10.6 Å². The van der Waals surface area contributed by atoms with E-state index < -0.39 is 11.7 Å². The number of carbonyl (C=O) groups excluding carboxylic acids is 1. The Morgan fingerprint density at radius 3 is 2.72 bits per heavy atom. The molecule has 2 bridgehead atoms. The number of anilines is 1. The molecular weight excluding hydrogens is 323 g/mol. The summed E-state index contributed by atoms with van der Waals surface area (Å²) < 4.78 is 20.2. The number of H-pyrrole nitrogens is 1. The molecule has 1 aromatic carbocycles. The Labute approximate surface area is 144 Å². The van der Waals surface area contributed by atoms with Crippen LogP contribution in [0.25, 0.3) is 0 Å². The van der Waals surface area contributed by atoms with Crippen LogP contribution in [0, 0.1) is 5.82 Å². The molecule has 0 unspecified atom stereocenters. The molecule has 2 aromatic rings. The van der Waals surface area contributed by atoms with Crippen molar-refractivity contribution in [2.24, 2.45) is 0 Å². The van der Waals surface area contributed by atoms with Gasteiger partial charge in [0.1, 0.15) is 0 Å². The molecule has 25 heavy (non-hydrogen) atoms. The van der Waals surface area contributed by atoms with Crippen molar-refractivity contribution >= 4 is 11.6 Å². The first-order valence-corrected chi connectivity index (χ1v) is 8.73. The zero-order chi connectivity index (χ0) is 17.0. The number of nitrogens with one attached hydrogen (secondary N) is 3. The molecule has 0 radical (unpaired) electrons. The quantitative estimate of drug-likeness (QED) is 0.798. The van der Waals surface area contributed by atoms with Crippen molar-refractivity contribution in [1.29, 1.82) is 0 Å². The lowest BCUT2D eigenvalue weighted by Crippen LogP contribution is -2.33. The average molecular weight is 342 g/mol. The monoisotopic (exact) mass is 342 g/mol. The number of carbonyl (C=O) groups is 1. The smallest absolute Gasteiger partial charge is 0.279 e. The van der Waals surface area contributed by atoms with E-state index in [2.05, 4.69) is 20.8 Å². The maximum atomic E-state index is 14.3. The van der Waals surface area contributed by atoms with Gasteiger partial charge in [0.05, 0.1) is 17.9 Å². The summed E-state index contributed by atoms with van der Waals surface area (Å²) >= 11 is 0. The second-order valence-electron chi connectivity index (χ2n) is 7.08. The van der Waals surface area contributed by atoms with E-state index in [1.807, 2.05) is 24.3 Å². The highest BCUT2D eigenvalue weighted by Gasteiger charge is 2.41. The Morgan fingerprint density at radius 2 is 2.08 bits per heavy atom. The molecule has 3 atom stereocenters. The van der Waals surface area contributed by atoms with Gasteiger partial charge in [0.15, 0.2) is 11.5 Å². The molecule has 1 saturated carbocycles. The van der Waals surface area contributed by atoms with E-state index in [4.69, 9.17) is 4.74 Å². The standard InChI is InChI=1S/C18H19FN4O2/c19-14-15(9-1-2-9)22-23-16(14)18(24)21-11-5-3-10(4-6-11)17-13-7-12(25-17)8-20-13/h3-6,9,12-13,17,20H,1-2,7-8H2,(H,21,24)(H,22,23)/t12-,13-,17+/m1/s1. The Balaban J connectivity index is 1.28. The van der Waals surface area contributed by atoms with Crippen LogP contribution in [0.2, 0.25) is 0 Å². The van der Waals surface area contributed by atoms with Crippen LogP contribution in [0.4, 0.5) is 10.1 Å². The van der Waals surface area contributed by atoms with E-state index in [0.717, 1.165) is 31.4 Å². The average Bonchev–Trinajstić information content (AvgIpc) is 3.05. The molecule has 2 saturated heterocycles. The molecule has 6 nitrogen and oxygen atoms in total. The van der Waals surface area contributed by atoms with Gasteiger partial charge in [-0.15, -0.1) is 0 Å². The van der Waals surface area contributed by atoms with Crippen molar-refractivity contribution in [3.05, 3.63) is 47.0 Å². The maximum absolute atomic E-state index is 14.3. The van der Waals surface area contributed by atoms with Crippen molar-refractivity contribution < 1.29 is 13.9 Å². The number of morpholine rings is 1. The zero-order valence-electron chi connectivity index (χ0n) is 13.6. The molecule has 2 aliphatic heterocycles. The van der Waals surface area contributed by atoms with E-state index in [-0.39, 0.29) is 17.7 Å². The van der Waals surface area contributed by atoms with E-state index in [1.54, 1.807) is 0 Å². The van der Waals surface area contributed by atoms with Crippen LogP contribution in [0.15, 0.2) is 24.3 Å². The van der Waals surface area contributed by atoms with E-state index in [0.29, 0.717) is 23.5 Å². The minimum Gasteiger partial charge on any atom is -0.367 e. The predicted octanol–water partition coefficient (Wildman–Crippen LogP) is 2.48. The summed E-state index contributed by atoms with van der Waals surface area (Å²) in [5.74, 6) is -0.881. The van der Waals surface area contributed by atoms with Gasteiger partial charge in [-0.3, -0.25) is 9.89 Å². The van der Waals surface area contributed by atoms with Crippen molar-refractivity contribution in [3.63, 3.8) is 0 Å². The number of nitrogens with zero attached hydrogens (tertiary/aromatic N) is 1. The van der Waals surface area contributed by atoms with Gasteiger partial charge in [0.2, 0.25) is 0 Å². The van der Waals surface area contributed by atoms with Gasteiger partial charge in [-0.05, 0) is 37.0 Å². The van der Waals surface area contributed by atoms with Crippen molar-refractivity contribution in [2.75, 3.05) is 11.9 Å². The van der Waals surface area contributed by atoms with Gasteiger partial charge in [-0.25, -0.2) is 4.39 Å². The second-order valence-corrected chi connectivity index (χ2v) is 7.08. The van der Waals surface area contributed by atoms with Gasteiger partial charge in [0, 0.05) is 24.2 Å². The van der Waals surface area contributed by atoms with Gasteiger partial charge in [-0.2, -0.15) is 5.10 Å². The number of fused-ring (bicyclic) bond motifs is 2. The number of aromatic nitrogens is 2. The van der Waals surface area contributed by atoms with Crippen molar-refractivity contribution in [3.8, 4) is 0 Å². The zero-order valence-corrected chi connectivity index (χ0v) is 13.6. The topological polar surface area (TPSA) is 79.0 Å². The number of halogens is 1. The molecule has 7 heteroatoms. The number of ether oxygens (including phenoxy) is 1. The van der Waals surface area contributed by atoms with E-state index in [1.165, 1.54) is 0 Å². The molecule has 3 fully saturated rings. The summed E-state index contributed by atoms with van der Waals surface area (Å²) in [6, 6.07) is 7.88. The maximum Gasteiger partial charge on any atom is 0.279 e. The van der Waals surface area contributed by atoms with Crippen LogP contribution in [-0.2, 0) is 4.74 Å². The minimum atomic E-state index is -0.536. The summed E-state index contributed by atoms with van der Waals surface area (Å²) in [5.41, 5.74) is 1.97. The Hall–Kier alpha value is -2.25. The number of rotatable bonds is 4. The number of benzene rings is 1. The molecule has 0 spiro atoms. The molecule has 1 amide bonds. The molecule has 1 aliphatic carbocycles. The normalized spacial score (nSPS) is 27.6. The highest BCUT2D eigenvalue weighted by molar-refractivity contribution is 6.03. The lowest BCUT2D eigenvalue weighted by molar-refractivity contribution is 0.0160. The lowest BCUT2D eigenvalue weighted by atomic mass is 10.0. The first-order valence-electron chi connectivity index (χ1n) is 8.73.